The zero-order valence-electron chi connectivity index (χ0n) is 16.9. The molecule has 2 unspecified atom stereocenters. The number of hydrogen-bond acceptors (Lipinski definition) is 4. The number of sulfonamides is 1. The first-order valence-electron chi connectivity index (χ1n) is 10.4. The number of nitrogens with zero attached hydrogens (tertiary/aromatic N) is 1. The molecular weight excluding hydrogens is 376 g/mol. The number of carbonyl (C=O) groups is 1. The van der Waals surface area contributed by atoms with Crippen LogP contribution in [0, 0.1) is 5.92 Å². The van der Waals surface area contributed by atoms with Crippen LogP contribution in [0.5, 0.6) is 5.75 Å². The maximum absolute atomic E-state index is 13.2. The van der Waals surface area contributed by atoms with Gasteiger partial charge in [0.15, 0.2) is 0 Å². The van der Waals surface area contributed by atoms with Crippen LogP contribution < -0.4 is 10.1 Å². The first kappa shape index (κ1) is 21.1. The molecule has 1 N–H and O–H groups in total. The highest BCUT2D eigenvalue weighted by Gasteiger charge is 2.29. The number of hydrogen-bond donors (Lipinski definition) is 1. The lowest BCUT2D eigenvalue weighted by molar-refractivity contribution is 0.0921. The van der Waals surface area contributed by atoms with Crippen molar-refractivity contribution in [3.05, 3.63) is 23.8 Å². The van der Waals surface area contributed by atoms with Gasteiger partial charge in [-0.2, -0.15) is 4.31 Å². The second-order valence-electron chi connectivity index (χ2n) is 8.13. The molecule has 0 radical (unpaired) electrons. The first-order chi connectivity index (χ1) is 13.4. The average molecular weight is 409 g/mol. The van der Waals surface area contributed by atoms with E-state index in [0.717, 1.165) is 44.9 Å². The minimum absolute atomic E-state index is 0.0848. The molecule has 0 bridgehead atoms. The van der Waals surface area contributed by atoms with E-state index in [1.54, 1.807) is 12.1 Å². The Bertz CT molecular complexity index is 786. The normalized spacial score (nSPS) is 24.4. The summed E-state index contributed by atoms with van der Waals surface area (Å²) in [5.74, 6) is 0.676. The fraction of sp³-hybridized carbons (Fsp3) is 0.667. The van der Waals surface area contributed by atoms with E-state index in [-0.39, 0.29) is 22.6 Å². The molecule has 1 saturated heterocycles. The monoisotopic (exact) mass is 408 g/mol. The van der Waals surface area contributed by atoms with Gasteiger partial charge in [-0.1, -0.05) is 32.6 Å². The van der Waals surface area contributed by atoms with Crippen molar-refractivity contribution in [1.82, 2.24) is 9.62 Å². The molecule has 1 aliphatic heterocycles. The summed E-state index contributed by atoms with van der Waals surface area (Å²) in [4.78, 5) is 12.9. The van der Waals surface area contributed by atoms with Gasteiger partial charge in [0, 0.05) is 24.7 Å². The quantitative estimate of drug-likeness (QED) is 0.808. The Morgan fingerprint density at radius 1 is 1.11 bits per heavy atom. The number of amides is 1. The Labute approximate surface area is 168 Å². The standard InChI is InChI=1S/C21H32N2O4S/c1-16-8-7-9-18(14-16)22-21(24)17-10-11-19(27-2)20(15-17)28(25,26)23-12-5-3-4-6-13-23/h10-11,15-16,18H,3-9,12-14H2,1-2H3,(H,22,24). The van der Waals surface area contributed by atoms with Gasteiger partial charge in [0.25, 0.3) is 5.91 Å². The minimum atomic E-state index is -3.70. The van der Waals surface area contributed by atoms with E-state index in [1.165, 1.54) is 23.9 Å². The third-order valence-corrected chi connectivity index (χ3v) is 7.80. The fourth-order valence-electron chi connectivity index (χ4n) is 4.27. The van der Waals surface area contributed by atoms with E-state index in [0.29, 0.717) is 24.6 Å². The van der Waals surface area contributed by atoms with Crippen molar-refractivity contribution in [2.45, 2.75) is 69.2 Å². The fourth-order valence-corrected chi connectivity index (χ4v) is 5.97. The summed E-state index contributed by atoms with van der Waals surface area (Å²) < 4.78 is 33.3. The van der Waals surface area contributed by atoms with E-state index in [1.807, 2.05) is 0 Å². The second kappa shape index (κ2) is 9.27. The van der Waals surface area contributed by atoms with E-state index in [4.69, 9.17) is 4.74 Å². The molecular formula is C21H32N2O4S. The number of benzene rings is 1. The van der Waals surface area contributed by atoms with Crippen LogP contribution in [-0.2, 0) is 10.0 Å². The molecule has 1 aromatic carbocycles. The van der Waals surface area contributed by atoms with Crippen LogP contribution in [0.3, 0.4) is 0 Å². The number of carbonyl (C=O) groups excluding carboxylic acids is 1. The van der Waals surface area contributed by atoms with Crippen LogP contribution in [0.25, 0.3) is 0 Å². The predicted octanol–water partition coefficient (Wildman–Crippen LogP) is 3.57. The second-order valence-corrected chi connectivity index (χ2v) is 10.0. The summed E-state index contributed by atoms with van der Waals surface area (Å²) in [6.45, 7) is 3.24. The maximum Gasteiger partial charge on any atom is 0.251 e. The van der Waals surface area contributed by atoms with Crippen molar-refractivity contribution in [2.75, 3.05) is 20.2 Å². The number of methoxy groups -OCH3 is 1. The topological polar surface area (TPSA) is 75.7 Å². The van der Waals surface area contributed by atoms with E-state index < -0.39 is 10.0 Å². The Hall–Kier alpha value is -1.60. The van der Waals surface area contributed by atoms with E-state index in [2.05, 4.69) is 12.2 Å². The smallest absolute Gasteiger partial charge is 0.251 e. The molecule has 2 aliphatic rings. The number of ether oxygens (including phenoxy) is 1. The summed E-state index contributed by atoms with van der Waals surface area (Å²) in [6, 6.07) is 4.86. The number of nitrogens with one attached hydrogen (secondary N) is 1. The molecule has 7 heteroatoms. The summed E-state index contributed by atoms with van der Waals surface area (Å²) in [5, 5.41) is 3.08. The summed E-state index contributed by atoms with van der Waals surface area (Å²) >= 11 is 0. The lowest BCUT2D eigenvalue weighted by Gasteiger charge is -2.27. The Balaban J connectivity index is 1.84. The minimum Gasteiger partial charge on any atom is -0.495 e. The molecule has 2 atom stereocenters. The lowest BCUT2D eigenvalue weighted by Crippen LogP contribution is -2.38. The molecule has 156 valence electrons. The highest BCUT2D eigenvalue weighted by molar-refractivity contribution is 7.89. The van der Waals surface area contributed by atoms with Gasteiger partial charge in [-0.25, -0.2) is 8.42 Å². The molecule has 1 amide bonds. The molecule has 1 heterocycles. The van der Waals surface area contributed by atoms with Crippen molar-refractivity contribution in [1.29, 1.82) is 0 Å². The molecule has 0 aromatic heterocycles. The lowest BCUT2D eigenvalue weighted by atomic mass is 9.87. The van der Waals surface area contributed by atoms with E-state index >= 15 is 0 Å². The highest BCUT2D eigenvalue weighted by atomic mass is 32.2. The number of rotatable bonds is 5. The van der Waals surface area contributed by atoms with Gasteiger partial charge in [-0.3, -0.25) is 4.79 Å². The van der Waals surface area contributed by atoms with Crippen molar-refractivity contribution < 1.29 is 17.9 Å². The van der Waals surface area contributed by atoms with Crippen LogP contribution in [0.2, 0.25) is 0 Å². The zero-order chi connectivity index (χ0) is 20.1. The molecule has 2 fully saturated rings. The van der Waals surface area contributed by atoms with Crippen molar-refractivity contribution in [3.8, 4) is 5.75 Å². The molecule has 0 spiro atoms. The third-order valence-electron chi connectivity index (χ3n) is 5.88. The maximum atomic E-state index is 13.2. The van der Waals surface area contributed by atoms with Gasteiger partial charge in [-0.05, 0) is 49.8 Å². The Morgan fingerprint density at radius 2 is 1.82 bits per heavy atom. The van der Waals surface area contributed by atoms with Gasteiger partial charge in [0.05, 0.1) is 7.11 Å². The SMILES string of the molecule is COc1ccc(C(=O)NC2CCCC(C)C2)cc1S(=O)(=O)N1CCCCCC1. The molecule has 3 rings (SSSR count). The molecule has 6 nitrogen and oxygen atoms in total. The molecule has 28 heavy (non-hydrogen) atoms. The summed E-state index contributed by atoms with van der Waals surface area (Å²) in [6.07, 6.45) is 8.09. The van der Waals surface area contributed by atoms with Crippen LogP contribution in [-0.4, -0.2) is 44.9 Å². The van der Waals surface area contributed by atoms with Gasteiger partial charge in [-0.15, -0.1) is 0 Å². The largest absolute Gasteiger partial charge is 0.495 e. The first-order valence-corrected chi connectivity index (χ1v) is 11.8. The van der Waals surface area contributed by atoms with Gasteiger partial charge in [0.2, 0.25) is 10.0 Å². The molecule has 1 aliphatic carbocycles. The van der Waals surface area contributed by atoms with Crippen LogP contribution in [0.4, 0.5) is 0 Å². The molecule has 1 saturated carbocycles. The highest BCUT2D eigenvalue weighted by Crippen LogP contribution is 2.30. The van der Waals surface area contributed by atoms with Crippen LogP contribution in [0.1, 0.15) is 68.6 Å². The summed E-state index contributed by atoms with van der Waals surface area (Å²) in [5.41, 5.74) is 0.368. The van der Waals surface area contributed by atoms with Crippen LogP contribution in [0.15, 0.2) is 23.1 Å². The zero-order valence-corrected chi connectivity index (χ0v) is 17.8. The van der Waals surface area contributed by atoms with Crippen LogP contribution >= 0.6 is 0 Å². The van der Waals surface area contributed by atoms with Gasteiger partial charge in [0.1, 0.15) is 10.6 Å². The van der Waals surface area contributed by atoms with E-state index in [9.17, 15) is 13.2 Å². The Kier molecular flexibility index (Phi) is 6.99. The Morgan fingerprint density at radius 3 is 2.46 bits per heavy atom. The average Bonchev–Trinajstić information content (AvgIpc) is 2.97. The molecule has 1 aromatic rings. The predicted molar refractivity (Wildman–Crippen MR) is 109 cm³/mol. The van der Waals surface area contributed by atoms with Crippen molar-refractivity contribution >= 4 is 15.9 Å². The summed E-state index contributed by atoms with van der Waals surface area (Å²) in [7, 11) is -2.24. The van der Waals surface area contributed by atoms with Gasteiger partial charge < -0.3 is 10.1 Å². The van der Waals surface area contributed by atoms with Crippen molar-refractivity contribution in [3.63, 3.8) is 0 Å². The van der Waals surface area contributed by atoms with Crippen molar-refractivity contribution in [2.24, 2.45) is 5.92 Å². The third kappa shape index (κ3) is 4.87. The van der Waals surface area contributed by atoms with Gasteiger partial charge >= 0.3 is 0 Å².